The van der Waals surface area contributed by atoms with Gasteiger partial charge in [0, 0.05) is 12.1 Å². The van der Waals surface area contributed by atoms with E-state index in [9.17, 15) is 0 Å². The molecule has 0 saturated heterocycles. The number of hydrogen-bond acceptors (Lipinski definition) is 4. The molecule has 0 aliphatic carbocycles. The average molecular weight is 241 g/mol. The van der Waals surface area contributed by atoms with E-state index in [1.807, 2.05) is 36.1 Å². The van der Waals surface area contributed by atoms with Gasteiger partial charge in [-0.25, -0.2) is 4.57 Å². The number of pyridine rings is 1. The Hall–Kier alpha value is -1.01. The molecule has 0 amide bonds. The lowest BCUT2D eigenvalue weighted by Gasteiger charge is -2.28. The van der Waals surface area contributed by atoms with Crippen LogP contribution in [0.3, 0.4) is 0 Å². The summed E-state index contributed by atoms with van der Waals surface area (Å²) in [6.45, 7) is -0.271. The predicted molar refractivity (Wildman–Crippen MR) is 63.3 cm³/mol. The highest BCUT2D eigenvalue weighted by Gasteiger charge is 2.26. The topological polar surface area (TPSA) is 76.6 Å². The lowest BCUT2D eigenvalue weighted by Crippen LogP contribution is -2.55. The monoisotopic (exact) mass is 241 g/mol. The van der Waals surface area contributed by atoms with Gasteiger partial charge in [-0.3, -0.25) is 0 Å². The van der Waals surface area contributed by atoms with Gasteiger partial charge in [0.2, 0.25) is 0 Å². The van der Waals surface area contributed by atoms with Gasteiger partial charge in [0.15, 0.2) is 12.4 Å². The molecule has 0 atom stereocenters. The Kier molecular flexibility index (Phi) is 5.50. The largest absolute Gasteiger partial charge is 0.394 e. The van der Waals surface area contributed by atoms with Gasteiger partial charge < -0.3 is 20.6 Å². The number of aryl methyl sites for hydroxylation is 1. The predicted octanol–water partition coefficient (Wildman–Crippen LogP) is -1.64. The molecule has 0 radical (unpaired) electrons. The lowest BCUT2D eigenvalue weighted by molar-refractivity contribution is -0.671. The van der Waals surface area contributed by atoms with Crippen LogP contribution in [0.15, 0.2) is 24.5 Å². The fraction of sp³-hybridized carbons (Fsp3) is 0.583. The van der Waals surface area contributed by atoms with Crippen LogP contribution in [0.1, 0.15) is 5.56 Å². The van der Waals surface area contributed by atoms with Crippen LogP contribution in [-0.4, -0.2) is 47.2 Å². The maximum atomic E-state index is 9.12. The molecule has 5 nitrogen and oxygen atoms in total. The molecule has 1 heterocycles. The number of aliphatic hydroxyl groups excluding tert-OH is 3. The minimum atomic E-state index is -0.987. The Labute approximate surface area is 101 Å². The van der Waals surface area contributed by atoms with Crippen LogP contribution in [0.5, 0.6) is 0 Å². The lowest BCUT2D eigenvalue weighted by atomic mass is 10.0. The van der Waals surface area contributed by atoms with Crippen molar-refractivity contribution in [1.29, 1.82) is 0 Å². The Morgan fingerprint density at radius 2 is 1.65 bits per heavy atom. The van der Waals surface area contributed by atoms with Gasteiger partial charge in [0.1, 0.15) is 7.05 Å². The number of nitrogens with zero attached hydrogens (tertiary/aromatic N) is 1. The fourth-order valence-corrected chi connectivity index (χ4v) is 1.49. The fourth-order valence-electron chi connectivity index (χ4n) is 1.49. The van der Waals surface area contributed by atoms with Crippen molar-refractivity contribution in [2.45, 2.75) is 12.0 Å². The molecule has 0 aliphatic rings. The molecule has 4 N–H and O–H groups in total. The van der Waals surface area contributed by atoms with Crippen LogP contribution in [0.25, 0.3) is 0 Å². The molecule has 0 unspecified atom stereocenters. The van der Waals surface area contributed by atoms with Crippen molar-refractivity contribution in [2.75, 3.05) is 26.4 Å². The van der Waals surface area contributed by atoms with Crippen LogP contribution < -0.4 is 9.88 Å². The Bertz CT molecular complexity index is 315. The normalized spacial score (nSPS) is 11.8. The zero-order valence-electron chi connectivity index (χ0n) is 10.1. The number of hydrogen-bond donors (Lipinski definition) is 4. The summed E-state index contributed by atoms with van der Waals surface area (Å²) in [6.07, 6.45) is 4.71. The molecule has 0 aromatic carbocycles. The quantitative estimate of drug-likeness (QED) is 0.432. The number of aromatic nitrogens is 1. The molecule has 0 spiro atoms. The Morgan fingerprint density at radius 3 is 2.12 bits per heavy atom. The molecule has 17 heavy (non-hydrogen) atoms. The van der Waals surface area contributed by atoms with Gasteiger partial charge in [-0.05, 0) is 18.5 Å². The highest BCUT2D eigenvalue weighted by atomic mass is 16.3. The van der Waals surface area contributed by atoms with E-state index >= 15 is 0 Å². The van der Waals surface area contributed by atoms with Crippen molar-refractivity contribution >= 4 is 0 Å². The average Bonchev–Trinajstić information content (AvgIpc) is 2.38. The molecule has 96 valence electrons. The number of nitrogens with one attached hydrogen (secondary N) is 1. The van der Waals surface area contributed by atoms with Crippen LogP contribution in [-0.2, 0) is 13.5 Å². The second kappa shape index (κ2) is 6.66. The van der Waals surface area contributed by atoms with Gasteiger partial charge in [-0.15, -0.1) is 0 Å². The number of rotatable bonds is 7. The summed E-state index contributed by atoms with van der Waals surface area (Å²) in [6, 6.07) is 4.03. The molecular weight excluding hydrogens is 220 g/mol. The van der Waals surface area contributed by atoms with Crippen molar-refractivity contribution in [3.05, 3.63) is 30.1 Å². The maximum absolute atomic E-state index is 9.12. The molecular formula is C12H21N2O3+. The van der Waals surface area contributed by atoms with Gasteiger partial charge in [-0.1, -0.05) is 0 Å². The third kappa shape index (κ3) is 4.05. The standard InChI is InChI=1S/C12H21N2O3/c1-14-6-3-11(4-7-14)2-5-13-12(8-15,9-16)10-17/h3-4,6-7,13,15-17H,2,5,8-10H2,1H3/q+1. The third-order valence-corrected chi connectivity index (χ3v) is 2.87. The summed E-state index contributed by atoms with van der Waals surface area (Å²) < 4.78 is 1.95. The van der Waals surface area contributed by atoms with E-state index in [1.165, 1.54) is 5.56 Å². The van der Waals surface area contributed by atoms with Crippen LogP contribution in [0, 0.1) is 0 Å². The first-order valence-corrected chi connectivity index (χ1v) is 5.67. The van der Waals surface area contributed by atoms with Crippen LogP contribution in [0.4, 0.5) is 0 Å². The molecule has 0 bridgehead atoms. The van der Waals surface area contributed by atoms with Crippen molar-refractivity contribution in [2.24, 2.45) is 7.05 Å². The smallest absolute Gasteiger partial charge is 0.168 e. The first-order valence-electron chi connectivity index (χ1n) is 5.67. The Morgan fingerprint density at radius 1 is 1.12 bits per heavy atom. The summed E-state index contributed by atoms with van der Waals surface area (Å²) >= 11 is 0. The van der Waals surface area contributed by atoms with E-state index in [-0.39, 0.29) is 19.8 Å². The molecule has 1 rings (SSSR count). The highest BCUT2D eigenvalue weighted by molar-refractivity contribution is 5.07. The first kappa shape index (κ1) is 14.1. The minimum Gasteiger partial charge on any atom is -0.394 e. The molecule has 1 aromatic heterocycles. The zero-order valence-corrected chi connectivity index (χ0v) is 10.1. The van der Waals surface area contributed by atoms with Gasteiger partial charge in [0.25, 0.3) is 0 Å². The van der Waals surface area contributed by atoms with Crippen LogP contribution >= 0.6 is 0 Å². The summed E-state index contributed by atoms with van der Waals surface area (Å²) in [7, 11) is 1.95. The molecule has 0 fully saturated rings. The second-order valence-corrected chi connectivity index (χ2v) is 4.30. The van der Waals surface area contributed by atoms with Gasteiger partial charge in [0.05, 0.1) is 25.4 Å². The van der Waals surface area contributed by atoms with E-state index < -0.39 is 5.54 Å². The maximum Gasteiger partial charge on any atom is 0.168 e. The summed E-state index contributed by atoms with van der Waals surface area (Å²) in [5.41, 5.74) is 0.178. The number of aliphatic hydroxyl groups is 3. The third-order valence-electron chi connectivity index (χ3n) is 2.87. The SMILES string of the molecule is C[n+]1ccc(CCNC(CO)(CO)CO)cc1. The van der Waals surface area contributed by atoms with E-state index in [4.69, 9.17) is 15.3 Å². The van der Waals surface area contributed by atoms with Crippen molar-refractivity contribution < 1.29 is 19.9 Å². The highest BCUT2D eigenvalue weighted by Crippen LogP contribution is 2.02. The van der Waals surface area contributed by atoms with Crippen molar-refractivity contribution in [3.63, 3.8) is 0 Å². The van der Waals surface area contributed by atoms with Gasteiger partial charge in [-0.2, -0.15) is 0 Å². The molecule has 1 aromatic rings. The molecule has 5 heteroatoms. The summed E-state index contributed by atoms with van der Waals surface area (Å²) in [4.78, 5) is 0. The van der Waals surface area contributed by atoms with E-state index in [0.29, 0.717) is 6.54 Å². The van der Waals surface area contributed by atoms with E-state index in [1.54, 1.807) is 0 Å². The Balaban J connectivity index is 2.43. The van der Waals surface area contributed by atoms with Crippen molar-refractivity contribution in [1.82, 2.24) is 5.32 Å². The van der Waals surface area contributed by atoms with Crippen molar-refractivity contribution in [3.8, 4) is 0 Å². The first-order chi connectivity index (χ1) is 8.15. The van der Waals surface area contributed by atoms with E-state index in [2.05, 4.69) is 5.32 Å². The summed E-state index contributed by atoms with van der Waals surface area (Å²) in [5.74, 6) is 0. The minimum absolute atomic E-state index is 0.288. The van der Waals surface area contributed by atoms with Gasteiger partial charge >= 0.3 is 0 Å². The summed E-state index contributed by atoms with van der Waals surface area (Å²) in [5, 5.41) is 30.4. The van der Waals surface area contributed by atoms with E-state index in [0.717, 1.165) is 6.42 Å². The molecule has 0 saturated carbocycles. The second-order valence-electron chi connectivity index (χ2n) is 4.30. The zero-order chi connectivity index (χ0) is 12.7. The van der Waals surface area contributed by atoms with Crippen LogP contribution in [0.2, 0.25) is 0 Å². The molecule has 0 aliphatic heterocycles.